The van der Waals surface area contributed by atoms with Crippen LogP contribution in [0, 0.1) is 16.0 Å². The molecule has 0 fully saturated rings. The largest absolute Gasteiger partial charge is 0.504 e. The lowest BCUT2D eigenvalue weighted by atomic mass is 9.94. The summed E-state index contributed by atoms with van der Waals surface area (Å²) in [5.74, 6) is -0.631. The molecule has 0 aliphatic carbocycles. The third-order valence-electron chi connectivity index (χ3n) is 4.37. The number of phenols is 1. The van der Waals surface area contributed by atoms with Gasteiger partial charge in [0.2, 0.25) is 11.7 Å². The van der Waals surface area contributed by atoms with Crippen molar-refractivity contribution >= 4 is 29.2 Å². The number of nitrogens with one attached hydrogen (secondary N) is 2. The van der Waals surface area contributed by atoms with E-state index in [-0.39, 0.29) is 34.6 Å². The second-order valence-electron chi connectivity index (χ2n) is 6.40. The molecule has 0 unspecified atom stereocenters. The summed E-state index contributed by atoms with van der Waals surface area (Å²) < 4.78 is 4.92. The number of hydrogen-bond donors (Lipinski definition) is 3. The maximum atomic E-state index is 11.4. The van der Waals surface area contributed by atoms with Gasteiger partial charge in [-0.25, -0.2) is 5.43 Å². The van der Waals surface area contributed by atoms with Gasteiger partial charge in [-0.15, -0.1) is 0 Å². The van der Waals surface area contributed by atoms with Crippen molar-refractivity contribution in [3.05, 3.63) is 57.6 Å². The molecular weight excluding hydrogens is 378 g/mol. The van der Waals surface area contributed by atoms with Crippen LogP contribution in [0.2, 0.25) is 0 Å². The fraction of sp³-hybridized carbons (Fsp3) is 0.211. The van der Waals surface area contributed by atoms with Crippen molar-refractivity contribution in [2.45, 2.75) is 13.3 Å². The molecule has 1 amide bonds. The van der Waals surface area contributed by atoms with Crippen molar-refractivity contribution in [2.24, 2.45) is 16.1 Å². The molecule has 0 spiro atoms. The molecular formula is C19H19N5O5. The molecule has 29 heavy (non-hydrogen) atoms. The van der Waals surface area contributed by atoms with E-state index in [1.807, 2.05) is 19.1 Å². The molecule has 0 saturated carbocycles. The highest BCUT2D eigenvalue weighted by atomic mass is 16.6. The molecule has 150 valence electrons. The number of nitro groups is 1. The zero-order valence-electron chi connectivity index (χ0n) is 15.7. The Kier molecular flexibility index (Phi) is 5.72. The van der Waals surface area contributed by atoms with Crippen LogP contribution in [-0.2, 0) is 4.79 Å². The molecule has 1 heterocycles. The number of hydrogen-bond acceptors (Lipinski definition) is 8. The van der Waals surface area contributed by atoms with Crippen LogP contribution in [0.3, 0.4) is 0 Å². The lowest BCUT2D eigenvalue weighted by Gasteiger charge is -2.19. The predicted molar refractivity (Wildman–Crippen MR) is 107 cm³/mol. The number of benzene rings is 2. The first-order valence-corrected chi connectivity index (χ1v) is 8.71. The monoisotopic (exact) mass is 397 g/mol. The summed E-state index contributed by atoms with van der Waals surface area (Å²) in [6, 6.07) is 9.93. The Balaban J connectivity index is 1.75. The lowest BCUT2D eigenvalue weighted by molar-refractivity contribution is -0.385. The second kappa shape index (κ2) is 8.38. The zero-order chi connectivity index (χ0) is 21.0. The molecule has 0 saturated heterocycles. The molecule has 10 nitrogen and oxygen atoms in total. The number of phenolic OH excluding ortho intramolecular Hbond substituents is 1. The standard InChI is InChI=1S/C19H19N5O5/c1-11-9-16(26)22-23-17(11)12-3-6-14(7-4-12)21-20-10-13-5-8-15(25)19(29-2)18(13)24(27)28/h3-8,10-11,21,25H,9H2,1-2H3,(H,22,26)/b20-10-/t11-/m1/s1. The molecule has 0 radical (unpaired) electrons. The van der Waals surface area contributed by atoms with Gasteiger partial charge in [-0.05, 0) is 29.8 Å². The average molecular weight is 397 g/mol. The molecule has 10 heteroatoms. The van der Waals surface area contributed by atoms with Gasteiger partial charge in [0.1, 0.15) is 0 Å². The minimum Gasteiger partial charge on any atom is -0.504 e. The van der Waals surface area contributed by atoms with Crippen molar-refractivity contribution in [2.75, 3.05) is 12.5 Å². The first-order valence-electron chi connectivity index (χ1n) is 8.71. The molecule has 1 aliphatic rings. The summed E-state index contributed by atoms with van der Waals surface area (Å²) in [6.45, 7) is 1.94. The Morgan fingerprint density at radius 1 is 1.34 bits per heavy atom. The number of hydrazone groups is 2. The topological polar surface area (TPSA) is 138 Å². The Morgan fingerprint density at radius 3 is 2.69 bits per heavy atom. The molecule has 2 aromatic carbocycles. The lowest BCUT2D eigenvalue weighted by Crippen LogP contribution is -2.31. The van der Waals surface area contributed by atoms with E-state index in [0.29, 0.717) is 12.1 Å². The Hall–Kier alpha value is -3.95. The van der Waals surface area contributed by atoms with Crippen LogP contribution in [-0.4, -0.2) is 35.0 Å². The van der Waals surface area contributed by atoms with E-state index in [1.165, 1.54) is 25.5 Å². The summed E-state index contributed by atoms with van der Waals surface area (Å²) in [7, 11) is 1.24. The number of carbonyl (C=O) groups is 1. The number of methoxy groups -OCH3 is 1. The number of aromatic hydroxyl groups is 1. The Morgan fingerprint density at radius 2 is 2.07 bits per heavy atom. The molecule has 3 rings (SSSR count). The highest BCUT2D eigenvalue weighted by molar-refractivity contribution is 6.05. The summed E-state index contributed by atoms with van der Waals surface area (Å²) >= 11 is 0. The Labute approximate surface area is 166 Å². The summed E-state index contributed by atoms with van der Waals surface area (Å²) in [6.07, 6.45) is 1.66. The molecule has 2 aromatic rings. The minimum absolute atomic E-state index is 0.0191. The van der Waals surface area contributed by atoms with Crippen LogP contribution >= 0.6 is 0 Å². The number of carbonyl (C=O) groups excluding carboxylic acids is 1. The van der Waals surface area contributed by atoms with Crippen LogP contribution in [0.4, 0.5) is 11.4 Å². The van der Waals surface area contributed by atoms with Crippen LogP contribution < -0.4 is 15.6 Å². The van der Waals surface area contributed by atoms with Gasteiger partial charge >= 0.3 is 5.69 Å². The maximum absolute atomic E-state index is 11.4. The smallest absolute Gasteiger partial charge is 0.323 e. The van der Waals surface area contributed by atoms with Crippen molar-refractivity contribution in [1.29, 1.82) is 0 Å². The van der Waals surface area contributed by atoms with Crippen molar-refractivity contribution in [3.8, 4) is 11.5 Å². The second-order valence-corrected chi connectivity index (χ2v) is 6.40. The van der Waals surface area contributed by atoms with Gasteiger partial charge in [-0.3, -0.25) is 20.3 Å². The SMILES string of the molecule is COc1c(O)ccc(/C=N\Nc2ccc(C3=NNC(=O)C[C@H]3C)cc2)c1[N+](=O)[O-]. The zero-order valence-corrected chi connectivity index (χ0v) is 15.7. The highest BCUT2D eigenvalue weighted by Gasteiger charge is 2.23. The van der Waals surface area contributed by atoms with Crippen molar-refractivity contribution in [1.82, 2.24) is 5.43 Å². The summed E-state index contributed by atoms with van der Waals surface area (Å²) in [5.41, 5.74) is 7.41. The van der Waals surface area contributed by atoms with Gasteiger partial charge in [0.15, 0.2) is 5.75 Å². The van der Waals surface area contributed by atoms with Gasteiger partial charge < -0.3 is 9.84 Å². The van der Waals surface area contributed by atoms with Gasteiger partial charge in [-0.1, -0.05) is 19.1 Å². The van der Waals surface area contributed by atoms with Crippen LogP contribution in [0.1, 0.15) is 24.5 Å². The van der Waals surface area contributed by atoms with E-state index in [2.05, 4.69) is 21.1 Å². The van der Waals surface area contributed by atoms with E-state index >= 15 is 0 Å². The van der Waals surface area contributed by atoms with Gasteiger partial charge in [-0.2, -0.15) is 10.2 Å². The normalized spacial score (nSPS) is 16.3. The Bertz CT molecular complexity index is 1000. The van der Waals surface area contributed by atoms with Gasteiger partial charge in [0, 0.05) is 12.3 Å². The number of nitro benzene ring substituents is 1. The minimum atomic E-state index is -0.639. The fourth-order valence-corrected chi connectivity index (χ4v) is 2.96. The molecule has 1 atom stereocenters. The molecule has 0 aromatic heterocycles. The van der Waals surface area contributed by atoms with Crippen LogP contribution in [0.5, 0.6) is 11.5 Å². The van der Waals surface area contributed by atoms with Gasteiger partial charge in [0.05, 0.1) is 35.2 Å². The fourth-order valence-electron chi connectivity index (χ4n) is 2.96. The first kappa shape index (κ1) is 19.8. The van der Waals surface area contributed by atoms with E-state index in [0.717, 1.165) is 11.3 Å². The van der Waals surface area contributed by atoms with E-state index in [4.69, 9.17) is 4.74 Å². The quantitative estimate of drug-likeness (QED) is 0.389. The van der Waals surface area contributed by atoms with Gasteiger partial charge in [0.25, 0.3) is 0 Å². The van der Waals surface area contributed by atoms with Crippen LogP contribution in [0.15, 0.2) is 46.6 Å². The van der Waals surface area contributed by atoms with Crippen molar-refractivity contribution in [3.63, 3.8) is 0 Å². The number of amides is 1. The van der Waals surface area contributed by atoms with E-state index in [9.17, 15) is 20.0 Å². The molecule has 3 N–H and O–H groups in total. The third-order valence-corrected chi connectivity index (χ3v) is 4.37. The maximum Gasteiger partial charge on any atom is 0.323 e. The van der Waals surface area contributed by atoms with Crippen LogP contribution in [0.25, 0.3) is 0 Å². The molecule has 1 aliphatic heterocycles. The number of nitrogens with zero attached hydrogens (tertiary/aromatic N) is 3. The summed E-state index contributed by atoms with van der Waals surface area (Å²) in [5, 5.41) is 29.2. The molecule has 0 bridgehead atoms. The third kappa shape index (κ3) is 4.32. The average Bonchev–Trinajstić information content (AvgIpc) is 2.69. The highest BCUT2D eigenvalue weighted by Crippen LogP contribution is 2.37. The first-order chi connectivity index (χ1) is 13.9. The number of anilines is 1. The number of rotatable bonds is 6. The summed E-state index contributed by atoms with van der Waals surface area (Å²) in [4.78, 5) is 22.0. The predicted octanol–water partition coefficient (Wildman–Crippen LogP) is 2.62. The number of ether oxygens (including phenoxy) is 1. The van der Waals surface area contributed by atoms with Crippen molar-refractivity contribution < 1.29 is 19.6 Å². The van der Waals surface area contributed by atoms with E-state index < -0.39 is 4.92 Å². The van der Waals surface area contributed by atoms with E-state index in [1.54, 1.807) is 12.1 Å².